The van der Waals surface area contributed by atoms with Crippen LogP contribution in [0.5, 0.6) is 10.9 Å². The summed E-state index contributed by atoms with van der Waals surface area (Å²) in [4.78, 5) is 4.09. The third kappa shape index (κ3) is 2.84. The number of thiazole rings is 1. The largest absolute Gasteiger partial charge is 0.429 e. The van der Waals surface area contributed by atoms with Gasteiger partial charge in [0.25, 0.3) is 5.19 Å². The number of benzene rings is 1. The van der Waals surface area contributed by atoms with Crippen molar-refractivity contribution >= 4 is 50.5 Å². The average molecular weight is 325 g/mol. The Labute approximate surface area is 109 Å². The second kappa shape index (κ2) is 4.70. The third-order valence-corrected chi connectivity index (χ3v) is 3.52. The summed E-state index contributed by atoms with van der Waals surface area (Å²) in [5, 5.41) is 3.43. The van der Waals surface area contributed by atoms with Crippen LogP contribution >= 0.6 is 50.5 Å². The Hall–Kier alpha value is -0.290. The lowest BCUT2D eigenvalue weighted by atomic mass is 10.3. The molecule has 2 rings (SSSR count). The number of ether oxygens (including phenoxy) is 1. The number of hydrogen-bond acceptors (Lipinski definition) is 3. The Morgan fingerprint density at radius 1 is 1.33 bits per heavy atom. The van der Waals surface area contributed by atoms with Crippen molar-refractivity contribution < 1.29 is 4.74 Å². The lowest BCUT2D eigenvalue weighted by Gasteiger charge is -2.03. The zero-order chi connectivity index (χ0) is 10.8. The molecule has 0 amide bonds. The molecule has 6 heteroatoms. The maximum atomic E-state index is 5.93. The van der Waals surface area contributed by atoms with Gasteiger partial charge in [0, 0.05) is 16.5 Å². The van der Waals surface area contributed by atoms with Crippen molar-refractivity contribution in [1.29, 1.82) is 0 Å². The van der Waals surface area contributed by atoms with Crippen LogP contribution in [0.4, 0.5) is 0 Å². The monoisotopic (exact) mass is 323 g/mol. The summed E-state index contributed by atoms with van der Waals surface area (Å²) >= 11 is 16.4. The fourth-order valence-corrected chi connectivity index (χ4v) is 2.35. The topological polar surface area (TPSA) is 22.1 Å². The van der Waals surface area contributed by atoms with Crippen molar-refractivity contribution in [2.45, 2.75) is 0 Å². The first-order valence-electron chi connectivity index (χ1n) is 3.89. The van der Waals surface area contributed by atoms with Gasteiger partial charge in [-0.3, -0.25) is 0 Å². The fraction of sp³-hybridized carbons (Fsp3) is 0. The summed E-state index contributed by atoms with van der Waals surface area (Å²) in [7, 11) is 0. The molecule has 0 atom stereocenters. The van der Waals surface area contributed by atoms with Crippen molar-refractivity contribution in [3.63, 3.8) is 0 Å². The van der Waals surface area contributed by atoms with E-state index in [-0.39, 0.29) is 0 Å². The van der Waals surface area contributed by atoms with Crippen LogP contribution in [0, 0.1) is 0 Å². The van der Waals surface area contributed by atoms with Gasteiger partial charge in [0.1, 0.15) is 10.4 Å². The highest BCUT2D eigenvalue weighted by Gasteiger charge is 2.06. The molecule has 2 aromatic rings. The minimum Gasteiger partial charge on any atom is -0.429 e. The van der Waals surface area contributed by atoms with Gasteiger partial charge in [-0.1, -0.05) is 34.5 Å². The number of hydrogen-bond donors (Lipinski definition) is 0. The highest BCUT2D eigenvalue weighted by molar-refractivity contribution is 9.10. The van der Waals surface area contributed by atoms with Gasteiger partial charge in [0.2, 0.25) is 0 Å². The summed E-state index contributed by atoms with van der Waals surface area (Å²) < 4.78 is 6.21. The number of rotatable bonds is 2. The van der Waals surface area contributed by atoms with Crippen LogP contribution in [-0.2, 0) is 0 Å². The molecule has 0 unspecified atom stereocenters. The Bertz CT molecular complexity index is 489. The van der Waals surface area contributed by atoms with Gasteiger partial charge in [-0.2, -0.15) is 4.98 Å². The van der Waals surface area contributed by atoms with E-state index in [1.807, 2.05) is 5.38 Å². The van der Waals surface area contributed by atoms with E-state index < -0.39 is 0 Å². The molecule has 2 nitrogen and oxygen atoms in total. The molecule has 0 fully saturated rings. The maximum absolute atomic E-state index is 5.93. The average Bonchev–Trinajstić information content (AvgIpc) is 2.58. The Morgan fingerprint density at radius 3 is 2.80 bits per heavy atom. The molecule has 1 aromatic heterocycles. The normalized spacial score (nSPS) is 10.3. The van der Waals surface area contributed by atoms with E-state index in [0.717, 1.165) is 4.60 Å². The number of aromatic nitrogens is 1. The quantitative estimate of drug-likeness (QED) is 0.775. The van der Waals surface area contributed by atoms with Crippen LogP contribution in [-0.4, -0.2) is 4.98 Å². The smallest absolute Gasteiger partial charge is 0.279 e. The van der Waals surface area contributed by atoms with E-state index in [1.54, 1.807) is 18.2 Å². The first kappa shape index (κ1) is 11.2. The molecule has 1 aromatic carbocycles. The molecule has 0 radical (unpaired) electrons. The van der Waals surface area contributed by atoms with Gasteiger partial charge in [-0.25, -0.2) is 0 Å². The molecule has 0 bridgehead atoms. The molecule has 0 aliphatic carbocycles. The van der Waals surface area contributed by atoms with Crippen molar-refractivity contribution in [1.82, 2.24) is 4.98 Å². The minimum atomic E-state index is 0.505. The van der Waals surface area contributed by atoms with Gasteiger partial charge in [0.05, 0.1) is 5.02 Å². The molecule has 0 aliphatic heterocycles. The number of nitrogens with zero attached hydrogens (tertiary/aromatic N) is 1. The van der Waals surface area contributed by atoms with Gasteiger partial charge in [0.15, 0.2) is 0 Å². The van der Waals surface area contributed by atoms with E-state index in [9.17, 15) is 0 Å². The van der Waals surface area contributed by atoms with Crippen LogP contribution < -0.4 is 4.74 Å². The Morgan fingerprint density at radius 2 is 2.13 bits per heavy atom. The second-order valence-electron chi connectivity index (χ2n) is 2.61. The lowest BCUT2D eigenvalue weighted by Crippen LogP contribution is -1.84. The molecular formula is C9H4BrCl2NOS. The predicted molar refractivity (Wildman–Crippen MR) is 66.4 cm³/mol. The molecule has 0 aliphatic rings. The zero-order valence-electron chi connectivity index (χ0n) is 7.21. The van der Waals surface area contributed by atoms with E-state index >= 15 is 0 Å². The summed E-state index contributed by atoms with van der Waals surface area (Å²) in [6.07, 6.45) is 0. The minimum absolute atomic E-state index is 0.505. The second-order valence-corrected chi connectivity index (χ2v) is 5.09. The molecule has 0 N–H and O–H groups in total. The molecule has 15 heavy (non-hydrogen) atoms. The van der Waals surface area contributed by atoms with Gasteiger partial charge < -0.3 is 4.74 Å². The van der Waals surface area contributed by atoms with Crippen LogP contribution in [0.1, 0.15) is 0 Å². The molecule has 1 heterocycles. The Balaban J connectivity index is 2.27. The SMILES string of the molecule is Clc1ccc(Cl)c(Oc2nc(Br)cs2)c1. The van der Waals surface area contributed by atoms with E-state index in [2.05, 4.69) is 20.9 Å². The standard InChI is InChI=1S/C9H4BrCl2NOS/c10-8-4-15-9(13-8)14-7-3-5(11)1-2-6(7)12/h1-4H. The van der Waals surface area contributed by atoms with Crippen LogP contribution in [0.15, 0.2) is 28.2 Å². The summed E-state index contributed by atoms with van der Waals surface area (Å²) in [5.41, 5.74) is 0. The number of halogens is 3. The van der Waals surface area contributed by atoms with Crippen LogP contribution in [0.25, 0.3) is 0 Å². The van der Waals surface area contributed by atoms with Gasteiger partial charge in [-0.15, -0.1) is 0 Å². The van der Waals surface area contributed by atoms with Crippen molar-refractivity contribution in [2.24, 2.45) is 0 Å². The maximum Gasteiger partial charge on any atom is 0.279 e. The highest BCUT2D eigenvalue weighted by atomic mass is 79.9. The molecule has 0 saturated heterocycles. The van der Waals surface area contributed by atoms with Crippen LogP contribution in [0.2, 0.25) is 10.0 Å². The van der Waals surface area contributed by atoms with E-state index in [0.29, 0.717) is 21.0 Å². The van der Waals surface area contributed by atoms with Gasteiger partial charge in [-0.05, 0) is 28.1 Å². The third-order valence-electron chi connectivity index (χ3n) is 1.55. The molecule has 0 saturated carbocycles. The van der Waals surface area contributed by atoms with Crippen LogP contribution in [0.3, 0.4) is 0 Å². The zero-order valence-corrected chi connectivity index (χ0v) is 11.1. The molecular weight excluding hydrogens is 321 g/mol. The summed E-state index contributed by atoms with van der Waals surface area (Å²) in [5.74, 6) is 0.506. The summed E-state index contributed by atoms with van der Waals surface area (Å²) in [6, 6.07) is 5.04. The van der Waals surface area contributed by atoms with Crippen molar-refractivity contribution in [2.75, 3.05) is 0 Å². The first-order chi connectivity index (χ1) is 7.15. The molecule has 78 valence electrons. The van der Waals surface area contributed by atoms with E-state index in [4.69, 9.17) is 27.9 Å². The highest BCUT2D eigenvalue weighted by Crippen LogP contribution is 2.33. The predicted octanol–water partition coefficient (Wildman–Crippen LogP) is 5.00. The van der Waals surface area contributed by atoms with Gasteiger partial charge >= 0.3 is 0 Å². The first-order valence-corrected chi connectivity index (χ1v) is 6.32. The fourth-order valence-electron chi connectivity index (χ4n) is 0.935. The summed E-state index contributed by atoms with van der Waals surface area (Å²) in [6.45, 7) is 0. The molecule has 0 spiro atoms. The van der Waals surface area contributed by atoms with Crippen molar-refractivity contribution in [3.05, 3.63) is 38.2 Å². The Kier molecular flexibility index (Phi) is 3.51. The lowest BCUT2D eigenvalue weighted by molar-refractivity contribution is 0.478. The van der Waals surface area contributed by atoms with Crippen molar-refractivity contribution in [3.8, 4) is 10.9 Å². The van der Waals surface area contributed by atoms with E-state index in [1.165, 1.54) is 11.3 Å².